The minimum Gasteiger partial charge on any atom is -0.507 e. The molecule has 2 aromatic rings. The number of hydrogen-bond donors (Lipinski definition) is 1. The Morgan fingerprint density at radius 3 is 2.59 bits per heavy atom. The van der Waals surface area contributed by atoms with Crippen LogP contribution in [0.5, 0.6) is 5.75 Å². The molecule has 1 aromatic carbocycles. The molecule has 1 aromatic heterocycles. The van der Waals surface area contributed by atoms with Crippen LogP contribution < -0.4 is 0 Å². The second-order valence-electron chi connectivity index (χ2n) is 3.18. The number of aromatic hydroxyl groups is 1. The molecule has 1 N–H and O–H groups in total. The summed E-state index contributed by atoms with van der Waals surface area (Å²) in [5, 5.41) is 20.6. The summed E-state index contributed by atoms with van der Waals surface area (Å²) >= 11 is 1.25. The zero-order chi connectivity index (χ0) is 12.3. The first-order valence-electron chi connectivity index (χ1n) is 4.73. The number of nitro groups is 1. The van der Waals surface area contributed by atoms with Crippen molar-refractivity contribution in [2.24, 2.45) is 0 Å². The van der Waals surface area contributed by atoms with Gasteiger partial charge in [-0.15, -0.1) is 0 Å². The van der Waals surface area contributed by atoms with Crippen LogP contribution >= 0.6 is 11.8 Å². The van der Waals surface area contributed by atoms with Crippen molar-refractivity contribution in [2.45, 2.75) is 9.92 Å². The van der Waals surface area contributed by atoms with Crippen LogP contribution in [0.3, 0.4) is 0 Å². The van der Waals surface area contributed by atoms with Crippen LogP contribution in [-0.2, 0) is 0 Å². The molecule has 0 aliphatic heterocycles. The van der Waals surface area contributed by atoms with Crippen molar-refractivity contribution in [1.29, 1.82) is 0 Å². The molecule has 0 amide bonds. The summed E-state index contributed by atoms with van der Waals surface area (Å²) in [5.74, 6) is 0.164. The number of aromatic nitrogens is 1. The van der Waals surface area contributed by atoms with Crippen LogP contribution in [0.4, 0.5) is 5.69 Å². The van der Waals surface area contributed by atoms with Gasteiger partial charge in [-0.1, -0.05) is 23.9 Å². The molecule has 0 aliphatic rings. The first kappa shape index (κ1) is 11.4. The van der Waals surface area contributed by atoms with E-state index in [9.17, 15) is 15.2 Å². The molecule has 0 saturated heterocycles. The molecule has 86 valence electrons. The van der Waals surface area contributed by atoms with E-state index in [0.717, 1.165) is 0 Å². The lowest BCUT2D eigenvalue weighted by Crippen LogP contribution is -1.89. The third-order valence-electron chi connectivity index (χ3n) is 2.01. The van der Waals surface area contributed by atoms with Crippen LogP contribution in [-0.4, -0.2) is 15.0 Å². The number of benzene rings is 1. The largest absolute Gasteiger partial charge is 0.507 e. The molecule has 0 atom stereocenters. The normalized spacial score (nSPS) is 10.1. The van der Waals surface area contributed by atoms with Crippen molar-refractivity contribution in [3.63, 3.8) is 0 Å². The minimum absolute atomic E-state index is 0.0494. The Morgan fingerprint density at radius 1 is 1.24 bits per heavy atom. The average Bonchev–Trinajstić information content (AvgIpc) is 2.33. The lowest BCUT2D eigenvalue weighted by Gasteiger charge is -2.02. The number of nitrogens with zero attached hydrogens (tertiary/aromatic N) is 2. The summed E-state index contributed by atoms with van der Waals surface area (Å²) in [4.78, 5) is 14.6. The Morgan fingerprint density at radius 2 is 2.00 bits per heavy atom. The van der Waals surface area contributed by atoms with Gasteiger partial charge in [-0.05, 0) is 18.2 Å². The highest BCUT2D eigenvalue weighted by Crippen LogP contribution is 2.33. The van der Waals surface area contributed by atoms with Gasteiger partial charge in [0.05, 0.1) is 9.82 Å². The number of phenols is 1. The zero-order valence-corrected chi connectivity index (χ0v) is 9.42. The molecule has 2 rings (SSSR count). The van der Waals surface area contributed by atoms with E-state index in [2.05, 4.69) is 4.98 Å². The summed E-state index contributed by atoms with van der Waals surface area (Å²) < 4.78 is 0. The second-order valence-corrected chi connectivity index (χ2v) is 4.24. The Kier molecular flexibility index (Phi) is 3.24. The van der Waals surface area contributed by atoms with E-state index < -0.39 is 4.92 Å². The molecule has 0 unspecified atom stereocenters. The fourth-order valence-electron chi connectivity index (χ4n) is 1.20. The molecule has 17 heavy (non-hydrogen) atoms. The molecule has 0 fully saturated rings. The first-order valence-corrected chi connectivity index (χ1v) is 5.55. The van der Waals surface area contributed by atoms with Crippen molar-refractivity contribution in [2.75, 3.05) is 0 Å². The highest BCUT2D eigenvalue weighted by molar-refractivity contribution is 7.99. The lowest BCUT2D eigenvalue weighted by molar-refractivity contribution is -0.385. The molecule has 5 nitrogen and oxygen atoms in total. The SMILES string of the molecule is O=[N+]([O-])c1ccc(Sc2ccccc2O)nc1. The van der Waals surface area contributed by atoms with Gasteiger partial charge < -0.3 is 5.11 Å². The van der Waals surface area contributed by atoms with Gasteiger partial charge >= 0.3 is 0 Å². The van der Waals surface area contributed by atoms with Crippen LogP contribution in [0.2, 0.25) is 0 Å². The van der Waals surface area contributed by atoms with Gasteiger partial charge in [-0.2, -0.15) is 0 Å². The van der Waals surface area contributed by atoms with Crippen LogP contribution in [0.1, 0.15) is 0 Å². The summed E-state index contributed by atoms with van der Waals surface area (Å²) in [6, 6.07) is 9.79. The molecule has 6 heteroatoms. The maximum atomic E-state index is 10.4. The van der Waals surface area contributed by atoms with E-state index in [1.54, 1.807) is 30.3 Å². The standard InChI is InChI=1S/C11H8N2O3S/c14-9-3-1-2-4-10(9)17-11-6-5-8(7-12-11)13(15)16/h1-7,14H. The predicted molar refractivity (Wildman–Crippen MR) is 63.1 cm³/mol. The smallest absolute Gasteiger partial charge is 0.287 e. The van der Waals surface area contributed by atoms with Crippen LogP contribution in [0.25, 0.3) is 0 Å². The van der Waals surface area contributed by atoms with Gasteiger partial charge in [0.2, 0.25) is 0 Å². The highest BCUT2D eigenvalue weighted by atomic mass is 32.2. The van der Waals surface area contributed by atoms with Gasteiger partial charge in [0.15, 0.2) is 0 Å². The van der Waals surface area contributed by atoms with Crippen molar-refractivity contribution < 1.29 is 10.0 Å². The summed E-state index contributed by atoms with van der Waals surface area (Å²) in [5.41, 5.74) is -0.0494. The fraction of sp³-hybridized carbons (Fsp3) is 0. The summed E-state index contributed by atoms with van der Waals surface area (Å²) in [6.45, 7) is 0. The summed E-state index contributed by atoms with van der Waals surface area (Å²) in [7, 11) is 0. The maximum absolute atomic E-state index is 10.4. The van der Waals surface area contributed by atoms with E-state index >= 15 is 0 Å². The molecule has 0 bridgehead atoms. The highest BCUT2D eigenvalue weighted by Gasteiger charge is 2.07. The Bertz CT molecular complexity index is 543. The van der Waals surface area contributed by atoms with Crippen molar-refractivity contribution >= 4 is 17.4 Å². The molecular weight excluding hydrogens is 240 g/mol. The van der Waals surface area contributed by atoms with E-state index in [1.807, 2.05) is 0 Å². The Labute approximate surface area is 101 Å². The molecule has 0 aliphatic carbocycles. The quantitative estimate of drug-likeness (QED) is 0.667. The number of phenolic OH excluding ortho intramolecular Hbond substituents is 1. The maximum Gasteiger partial charge on any atom is 0.287 e. The number of pyridine rings is 1. The number of para-hydroxylation sites is 1. The van der Waals surface area contributed by atoms with Crippen molar-refractivity contribution in [3.05, 3.63) is 52.7 Å². The fourth-order valence-corrected chi connectivity index (χ4v) is 1.98. The third-order valence-corrected chi connectivity index (χ3v) is 3.03. The Balaban J connectivity index is 2.20. The molecular formula is C11H8N2O3S. The average molecular weight is 248 g/mol. The van der Waals surface area contributed by atoms with E-state index in [4.69, 9.17) is 0 Å². The van der Waals surface area contributed by atoms with Crippen LogP contribution in [0, 0.1) is 10.1 Å². The predicted octanol–water partition coefficient (Wildman–Crippen LogP) is 2.85. The third kappa shape index (κ3) is 2.73. The van der Waals surface area contributed by atoms with E-state index in [0.29, 0.717) is 9.92 Å². The van der Waals surface area contributed by atoms with Gasteiger partial charge in [0.1, 0.15) is 17.0 Å². The second kappa shape index (κ2) is 4.84. The zero-order valence-electron chi connectivity index (χ0n) is 8.61. The van der Waals surface area contributed by atoms with Gasteiger partial charge in [0, 0.05) is 6.07 Å². The Hall–Kier alpha value is -2.08. The van der Waals surface area contributed by atoms with Gasteiger partial charge in [0.25, 0.3) is 5.69 Å². The number of rotatable bonds is 3. The lowest BCUT2D eigenvalue weighted by atomic mass is 10.3. The molecule has 1 heterocycles. The van der Waals surface area contributed by atoms with Crippen molar-refractivity contribution in [1.82, 2.24) is 4.98 Å². The minimum atomic E-state index is -0.499. The van der Waals surface area contributed by atoms with E-state index in [-0.39, 0.29) is 11.4 Å². The van der Waals surface area contributed by atoms with Crippen LogP contribution in [0.15, 0.2) is 52.5 Å². The monoisotopic (exact) mass is 248 g/mol. The molecule has 0 saturated carbocycles. The van der Waals surface area contributed by atoms with Crippen molar-refractivity contribution in [3.8, 4) is 5.75 Å². The first-order chi connectivity index (χ1) is 8.16. The number of hydrogen-bond acceptors (Lipinski definition) is 5. The van der Waals surface area contributed by atoms with Gasteiger partial charge in [-0.25, -0.2) is 4.98 Å². The summed E-state index contributed by atoms with van der Waals surface area (Å²) in [6.07, 6.45) is 1.20. The van der Waals surface area contributed by atoms with Gasteiger partial charge in [-0.3, -0.25) is 10.1 Å². The molecule has 0 spiro atoms. The van der Waals surface area contributed by atoms with E-state index in [1.165, 1.54) is 24.0 Å². The topological polar surface area (TPSA) is 76.3 Å². The molecule has 0 radical (unpaired) electrons.